The predicted molar refractivity (Wildman–Crippen MR) is 223 cm³/mol. The van der Waals surface area contributed by atoms with Crippen molar-refractivity contribution < 1.29 is 0 Å². The summed E-state index contributed by atoms with van der Waals surface area (Å²) in [6.07, 6.45) is 0. The maximum Gasteiger partial charge on any atom is 0.0568 e. The average molecular weight is 693 g/mol. The maximum atomic E-state index is 2.85. The molecule has 46 heavy (non-hydrogen) atoms. The molecule has 0 bridgehead atoms. The van der Waals surface area contributed by atoms with E-state index < -0.39 is 30.0 Å². The fraction of sp³-hybridized carbons (Fsp3) is 0.714. The molecule has 0 saturated heterocycles. The Balaban J connectivity index is 3.78. The second-order valence-corrected chi connectivity index (χ2v) is 49.6. The Hall–Kier alpha value is -0.692. The van der Waals surface area contributed by atoms with Crippen LogP contribution in [0, 0.1) is 0 Å². The van der Waals surface area contributed by atoms with E-state index in [1.165, 1.54) is 11.1 Å². The molecule has 0 N–H and O–H groups in total. The fourth-order valence-corrected chi connectivity index (χ4v) is 74.2. The van der Waals surface area contributed by atoms with E-state index in [0.29, 0.717) is 45.6 Å². The zero-order valence-electron chi connectivity index (χ0n) is 34.8. The molecule has 2 rings (SSSR count). The molecule has 260 valence electrons. The van der Waals surface area contributed by atoms with Crippen molar-refractivity contribution in [2.24, 2.45) is 0 Å². The first-order valence-electron chi connectivity index (χ1n) is 18.7. The highest BCUT2D eigenvalue weighted by molar-refractivity contribution is 7.68. The van der Waals surface area contributed by atoms with E-state index in [0.717, 1.165) is 0 Å². The van der Waals surface area contributed by atoms with Gasteiger partial charge in [0, 0.05) is 0 Å². The lowest BCUT2D eigenvalue weighted by Crippen LogP contribution is -2.70. The van der Waals surface area contributed by atoms with Crippen LogP contribution in [0.2, 0.25) is 36.3 Å². The summed E-state index contributed by atoms with van der Waals surface area (Å²) < 4.78 is 0. The molecule has 0 aliphatic rings. The van der Waals surface area contributed by atoms with E-state index in [2.05, 4.69) is 175 Å². The topological polar surface area (TPSA) is 0 Å². The highest BCUT2D eigenvalue weighted by atomic mass is 29.8. The monoisotopic (exact) mass is 693 g/mol. The van der Waals surface area contributed by atoms with Gasteiger partial charge < -0.3 is 0 Å². The molecule has 2 aromatic rings. The average Bonchev–Trinajstić information content (AvgIpc) is 2.88. The molecule has 0 atom stereocenters. The zero-order chi connectivity index (χ0) is 36.1. The Morgan fingerprint density at radius 3 is 0.783 bits per heavy atom. The first-order chi connectivity index (χ1) is 20.6. The van der Waals surface area contributed by atoms with E-state index in [4.69, 9.17) is 0 Å². The standard InChI is InChI=1S/C42H76Si4/c1-27(2)33-23-35(29(5)6)39(36(24-33)30(7)8)43(44(45(19,20)41(13,14)15)46(21,22)42(16,17)18)40-37(31(9)10)25-34(28(3)4)26-38(40)32(11)12/h23-32H,1-22H3. The van der Waals surface area contributed by atoms with Gasteiger partial charge in [0.1, 0.15) is 0 Å². The minimum atomic E-state index is -1.80. The van der Waals surface area contributed by atoms with E-state index in [9.17, 15) is 0 Å². The number of hydrogen-bond donors (Lipinski definition) is 0. The van der Waals surface area contributed by atoms with Gasteiger partial charge in [0.25, 0.3) is 0 Å². The number of hydrogen-bond acceptors (Lipinski definition) is 0. The van der Waals surface area contributed by atoms with Crippen molar-refractivity contribution in [3.05, 3.63) is 57.6 Å². The minimum absolute atomic E-state index is 0.342. The van der Waals surface area contributed by atoms with Gasteiger partial charge >= 0.3 is 0 Å². The van der Waals surface area contributed by atoms with Crippen molar-refractivity contribution in [1.82, 2.24) is 0 Å². The lowest BCUT2D eigenvalue weighted by Gasteiger charge is -2.51. The van der Waals surface area contributed by atoms with Gasteiger partial charge in [-0.15, -0.1) is 0 Å². The van der Waals surface area contributed by atoms with Crippen LogP contribution in [-0.4, -0.2) is 30.0 Å². The van der Waals surface area contributed by atoms with Gasteiger partial charge in [0.05, 0.1) is 23.1 Å². The van der Waals surface area contributed by atoms with Crippen LogP contribution in [0.15, 0.2) is 24.3 Å². The van der Waals surface area contributed by atoms with Crippen LogP contribution in [-0.2, 0) is 0 Å². The normalized spacial score (nSPS) is 13.7. The maximum absolute atomic E-state index is 2.85. The summed E-state index contributed by atoms with van der Waals surface area (Å²) in [6, 6.07) is 10.7. The summed E-state index contributed by atoms with van der Waals surface area (Å²) in [5, 5.41) is 4.39. The molecule has 0 aliphatic carbocycles. The molecule has 0 heterocycles. The molecule has 0 radical (unpaired) electrons. The summed E-state index contributed by atoms with van der Waals surface area (Å²) in [4.78, 5) is 0. The second-order valence-electron chi connectivity index (χ2n) is 19.6. The lowest BCUT2D eigenvalue weighted by atomic mass is 9.89. The highest BCUT2D eigenvalue weighted by Crippen LogP contribution is 2.45. The molecule has 0 amide bonds. The van der Waals surface area contributed by atoms with E-state index >= 15 is 0 Å². The Morgan fingerprint density at radius 1 is 0.413 bits per heavy atom. The molecule has 4 heteroatoms. The van der Waals surface area contributed by atoms with Crippen molar-refractivity contribution in [2.75, 3.05) is 0 Å². The van der Waals surface area contributed by atoms with E-state index in [-0.39, 0.29) is 0 Å². The molecule has 0 unspecified atom stereocenters. The number of benzene rings is 2. The Labute approximate surface area is 293 Å². The van der Waals surface area contributed by atoms with Crippen molar-refractivity contribution in [3.8, 4) is 0 Å². The van der Waals surface area contributed by atoms with Gasteiger partial charge in [-0.3, -0.25) is 0 Å². The quantitative estimate of drug-likeness (QED) is 0.217. The molecule has 0 aromatic heterocycles. The summed E-state index contributed by atoms with van der Waals surface area (Å²) in [5.74, 6) is 3.10. The zero-order valence-corrected chi connectivity index (χ0v) is 38.8. The number of rotatable bonds is 10. The van der Waals surface area contributed by atoms with Crippen LogP contribution in [0.1, 0.15) is 194 Å². The summed E-state index contributed by atoms with van der Waals surface area (Å²) >= 11 is 0. The van der Waals surface area contributed by atoms with Gasteiger partial charge in [-0.25, -0.2) is 0 Å². The summed E-state index contributed by atoms with van der Waals surface area (Å²) in [6.45, 7) is 55.8. The van der Waals surface area contributed by atoms with Gasteiger partial charge in [0.2, 0.25) is 0 Å². The van der Waals surface area contributed by atoms with Crippen molar-refractivity contribution in [2.45, 2.75) is 196 Å². The summed E-state index contributed by atoms with van der Waals surface area (Å²) in [7, 11) is -4.77. The van der Waals surface area contributed by atoms with Crippen molar-refractivity contribution >= 4 is 40.4 Å². The smallest absolute Gasteiger partial charge is 0.0568 e. The molecule has 2 aromatic carbocycles. The van der Waals surface area contributed by atoms with Gasteiger partial charge in [-0.05, 0) is 96.3 Å². The Kier molecular flexibility index (Phi) is 13.2. The van der Waals surface area contributed by atoms with Crippen LogP contribution in [0.4, 0.5) is 0 Å². The van der Waals surface area contributed by atoms with Gasteiger partial charge in [0.15, 0.2) is 0 Å². The fourth-order valence-electron chi connectivity index (χ4n) is 7.02. The second kappa shape index (κ2) is 14.7. The van der Waals surface area contributed by atoms with Crippen LogP contribution in [0.3, 0.4) is 0 Å². The molecule has 0 aliphatic heterocycles. The van der Waals surface area contributed by atoms with Crippen LogP contribution in [0.5, 0.6) is 0 Å². The molecule has 0 spiro atoms. The van der Waals surface area contributed by atoms with E-state index in [1.54, 1.807) is 22.3 Å². The molecular weight excluding hydrogens is 617 g/mol. The molecular formula is C42H76Si4. The van der Waals surface area contributed by atoms with Crippen LogP contribution < -0.4 is 10.4 Å². The largest absolute Gasteiger partial charge is 0.0690 e. The third kappa shape index (κ3) is 8.19. The van der Waals surface area contributed by atoms with Crippen LogP contribution in [0.25, 0.3) is 0 Å². The lowest BCUT2D eigenvalue weighted by molar-refractivity contribution is 0.728. The van der Waals surface area contributed by atoms with Crippen molar-refractivity contribution in [1.29, 1.82) is 0 Å². The van der Waals surface area contributed by atoms with Gasteiger partial charge in [-0.2, -0.15) is 0 Å². The van der Waals surface area contributed by atoms with Gasteiger partial charge in [-0.1, -0.05) is 175 Å². The third-order valence-corrected chi connectivity index (χ3v) is 66.7. The SMILES string of the molecule is CC(C)c1cc(C(C)C)c([Si](c2c(C(C)C)cc(C(C)C)cc2C(C)C)=[Si]([Si](C)(C)C(C)(C)C)[Si](C)(C)C(C)(C)C)c(C(C)C)c1. The van der Waals surface area contributed by atoms with Crippen molar-refractivity contribution in [3.63, 3.8) is 0 Å². The van der Waals surface area contributed by atoms with E-state index in [1.807, 2.05) is 10.4 Å². The molecule has 0 saturated carbocycles. The first-order valence-corrected chi connectivity index (χ1v) is 30.7. The highest BCUT2D eigenvalue weighted by Gasteiger charge is 2.52. The molecule has 0 fully saturated rings. The molecule has 0 nitrogen and oxygen atoms in total. The third-order valence-electron chi connectivity index (χ3n) is 12.0. The predicted octanol–water partition coefficient (Wildman–Crippen LogP) is 12.8. The Morgan fingerprint density at radius 2 is 0.630 bits per heavy atom. The summed E-state index contributed by atoms with van der Waals surface area (Å²) in [5.41, 5.74) is 9.80. The van der Waals surface area contributed by atoms with Crippen LogP contribution >= 0.6 is 0 Å². The minimum Gasteiger partial charge on any atom is -0.0690 e. The first kappa shape index (κ1) is 41.5. The Bertz CT molecular complexity index is 1240.